The van der Waals surface area contributed by atoms with Crippen molar-refractivity contribution in [2.45, 2.75) is 26.1 Å². The molecular formula is C14H20ClNO2. The Morgan fingerprint density at radius 3 is 2.44 bits per heavy atom. The molecule has 1 saturated heterocycles. The maximum absolute atomic E-state index is 5.82. The minimum Gasteiger partial charge on any atom is -0.492 e. The quantitative estimate of drug-likeness (QED) is 0.839. The number of halogens is 1. The maximum Gasteiger partial charge on any atom is 0.119 e. The van der Waals surface area contributed by atoms with E-state index >= 15 is 0 Å². The third kappa shape index (κ3) is 4.16. The Balaban J connectivity index is 1.73. The monoisotopic (exact) mass is 269 g/mol. The Kier molecular flexibility index (Phi) is 4.87. The largest absolute Gasteiger partial charge is 0.492 e. The van der Waals surface area contributed by atoms with Crippen LogP contribution in [0.3, 0.4) is 0 Å². The zero-order valence-electron chi connectivity index (χ0n) is 10.9. The lowest BCUT2D eigenvalue weighted by molar-refractivity contribution is -0.0699. The molecule has 2 atom stereocenters. The molecule has 0 radical (unpaired) electrons. The molecule has 1 aliphatic rings. The van der Waals surface area contributed by atoms with E-state index in [1.807, 2.05) is 24.3 Å². The van der Waals surface area contributed by atoms with Gasteiger partial charge in [0.2, 0.25) is 0 Å². The molecule has 0 aromatic heterocycles. The average molecular weight is 270 g/mol. The minimum absolute atomic E-state index is 0.310. The first-order chi connectivity index (χ1) is 8.63. The van der Waals surface area contributed by atoms with Gasteiger partial charge in [-0.15, -0.1) is 0 Å². The van der Waals surface area contributed by atoms with Crippen LogP contribution in [-0.2, 0) is 4.74 Å². The number of hydrogen-bond donors (Lipinski definition) is 0. The molecule has 0 amide bonds. The van der Waals surface area contributed by atoms with Crippen molar-refractivity contribution in [2.75, 3.05) is 26.2 Å². The Morgan fingerprint density at radius 1 is 1.22 bits per heavy atom. The molecule has 0 spiro atoms. The molecule has 2 rings (SSSR count). The summed E-state index contributed by atoms with van der Waals surface area (Å²) >= 11 is 5.82. The van der Waals surface area contributed by atoms with Crippen molar-refractivity contribution in [2.24, 2.45) is 0 Å². The highest BCUT2D eigenvalue weighted by Crippen LogP contribution is 2.16. The van der Waals surface area contributed by atoms with Gasteiger partial charge in [0.25, 0.3) is 0 Å². The van der Waals surface area contributed by atoms with Crippen molar-refractivity contribution < 1.29 is 9.47 Å². The van der Waals surface area contributed by atoms with Crippen molar-refractivity contribution in [1.29, 1.82) is 0 Å². The summed E-state index contributed by atoms with van der Waals surface area (Å²) in [6, 6.07) is 7.48. The van der Waals surface area contributed by atoms with Gasteiger partial charge in [0, 0.05) is 24.7 Å². The van der Waals surface area contributed by atoms with Gasteiger partial charge in [-0.2, -0.15) is 0 Å². The molecule has 4 heteroatoms. The standard InChI is InChI=1S/C14H20ClNO2/c1-11-9-16(10-12(2)18-11)7-8-17-14-5-3-13(15)4-6-14/h3-6,11-12H,7-10H2,1-2H3/t11-,12+. The van der Waals surface area contributed by atoms with E-state index in [0.717, 1.165) is 30.4 Å². The molecule has 0 unspecified atom stereocenters. The molecule has 0 bridgehead atoms. The third-order valence-corrected chi connectivity index (χ3v) is 3.24. The molecule has 0 aliphatic carbocycles. The van der Waals surface area contributed by atoms with Gasteiger partial charge in [-0.25, -0.2) is 0 Å². The molecule has 1 heterocycles. The number of hydrogen-bond acceptors (Lipinski definition) is 3. The molecule has 1 aromatic rings. The number of nitrogens with zero attached hydrogens (tertiary/aromatic N) is 1. The van der Waals surface area contributed by atoms with E-state index in [9.17, 15) is 0 Å². The van der Waals surface area contributed by atoms with Crippen LogP contribution in [-0.4, -0.2) is 43.3 Å². The second kappa shape index (κ2) is 6.41. The van der Waals surface area contributed by atoms with Crippen molar-refractivity contribution in [3.63, 3.8) is 0 Å². The fraction of sp³-hybridized carbons (Fsp3) is 0.571. The lowest BCUT2D eigenvalue weighted by atomic mass is 10.2. The molecule has 1 aliphatic heterocycles. The summed E-state index contributed by atoms with van der Waals surface area (Å²) in [5.74, 6) is 0.869. The Hall–Kier alpha value is -0.770. The molecule has 18 heavy (non-hydrogen) atoms. The van der Waals surface area contributed by atoms with Gasteiger partial charge in [-0.05, 0) is 38.1 Å². The maximum atomic E-state index is 5.82. The van der Waals surface area contributed by atoms with Gasteiger partial charge in [-0.1, -0.05) is 11.6 Å². The molecule has 3 nitrogen and oxygen atoms in total. The number of benzene rings is 1. The van der Waals surface area contributed by atoms with Gasteiger partial charge in [0.1, 0.15) is 12.4 Å². The van der Waals surface area contributed by atoms with E-state index in [1.165, 1.54) is 0 Å². The third-order valence-electron chi connectivity index (χ3n) is 2.99. The Labute approximate surface area is 114 Å². The molecule has 1 aromatic carbocycles. The number of rotatable bonds is 4. The van der Waals surface area contributed by atoms with Gasteiger partial charge in [-0.3, -0.25) is 4.90 Å². The van der Waals surface area contributed by atoms with Gasteiger partial charge < -0.3 is 9.47 Å². The molecule has 0 N–H and O–H groups in total. The molecule has 100 valence electrons. The molecule has 1 fully saturated rings. The second-order valence-corrected chi connectivity index (χ2v) is 5.26. The summed E-state index contributed by atoms with van der Waals surface area (Å²) in [5.41, 5.74) is 0. The van der Waals surface area contributed by atoms with Crippen LogP contribution in [0.2, 0.25) is 5.02 Å². The summed E-state index contributed by atoms with van der Waals surface area (Å²) in [5, 5.41) is 0.734. The van der Waals surface area contributed by atoms with Crippen LogP contribution < -0.4 is 4.74 Å². The van der Waals surface area contributed by atoms with Crippen LogP contribution in [0, 0.1) is 0 Å². The van der Waals surface area contributed by atoms with E-state index in [2.05, 4.69) is 18.7 Å². The average Bonchev–Trinajstić information content (AvgIpc) is 2.30. The lowest BCUT2D eigenvalue weighted by Crippen LogP contribution is -2.46. The SMILES string of the molecule is C[C@@H]1CN(CCOc2ccc(Cl)cc2)C[C@H](C)O1. The summed E-state index contributed by atoms with van der Waals surface area (Å²) in [4.78, 5) is 2.38. The predicted molar refractivity (Wildman–Crippen MR) is 73.4 cm³/mol. The minimum atomic E-state index is 0.310. The normalized spacial score (nSPS) is 25.1. The van der Waals surface area contributed by atoms with Crippen molar-refractivity contribution in [3.8, 4) is 5.75 Å². The zero-order valence-corrected chi connectivity index (χ0v) is 11.7. The van der Waals surface area contributed by atoms with Crippen LogP contribution in [0.5, 0.6) is 5.75 Å². The second-order valence-electron chi connectivity index (χ2n) is 4.82. The smallest absolute Gasteiger partial charge is 0.119 e. The predicted octanol–water partition coefficient (Wildman–Crippen LogP) is 2.83. The summed E-state index contributed by atoms with van der Waals surface area (Å²) in [7, 11) is 0. The first-order valence-corrected chi connectivity index (χ1v) is 6.77. The Morgan fingerprint density at radius 2 is 1.83 bits per heavy atom. The fourth-order valence-corrected chi connectivity index (χ4v) is 2.42. The van der Waals surface area contributed by atoms with E-state index in [0.29, 0.717) is 18.8 Å². The summed E-state index contributed by atoms with van der Waals surface area (Å²) in [6.45, 7) is 7.82. The van der Waals surface area contributed by atoms with Crippen molar-refractivity contribution in [1.82, 2.24) is 4.90 Å². The zero-order chi connectivity index (χ0) is 13.0. The first kappa shape index (κ1) is 13.7. The highest BCUT2D eigenvalue weighted by atomic mass is 35.5. The van der Waals surface area contributed by atoms with Crippen molar-refractivity contribution >= 4 is 11.6 Å². The first-order valence-electron chi connectivity index (χ1n) is 6.39. The van der Waals surface area contributed by atoms with Crippen LogP contribution in [0.4, 0.5) is 0 Å². The van der Waals surface area contributed by atoms with E-state index < -0.39 is 0 Å². The number of morpholine rings is 1. The van der Waals surface area contributed by atoms with Gasteiger partial charge in [0.05, 0.1) is 12.2 Å². The molecule has 0 saturated carbocycles. The van der Waals surface area contributed by atoms with Crippen LogP contribution in [0.15, 0.2) is 24.3 Å². The van der Waals surface area contributed by atoms with Gasteiger partial charge in [0.15, 0.2) is 0 Å². The highest BCUT2D eigenvalue weighted by Gasteiger charge is 2.21. The highest BCUT2D eigenvalue weighted by molar-refractivity contribution is 6.30. The number of ether oxygens (including phenoxy) is 2. The van der Waals surface area contributed by atoms with Crippen molar-refractivity contribution in [3.05, 3.63) is 29.3 Å². The summed E-state index contributed by atoms with van der Waals surface area (Å²) < 4.78 is 11.4. The van der Waals surface area contributed by atoms with E-state index in [4.69, 9.17) is 21.1 Å². The fourth-order valence-electron chi connectivity index (χ4n) is 2.29. The van der Waals surface area contributed by atoms with Gasteiger partial charge >= 0.3 is 0 Å². The topological polar surface area (TPSA) is 21.7 Å². The molecular weight excluding hydrogens is 250 g/mol. The summed E-state index contributed by atoms with van der Waals surface area (Å²) in [6.07, 6.45) is 0.619. The van der Waals surface area contributed by atoms with E-state index in [1.54, 1.807) is 0 Å². The van der Waals surface area contributed by atoms with Crippen LogP contribution in [0.1, 0.15) is 13.8 Å². The lowest BCUT2D eigenvalue weighted by Gasteiger charge is -2.35. The van der Waals surface area contributed by atoms with Crippen LogP contribution >= 0.6 is 11.6 Å². The van der Waals surface area contributed by atoms with E-state index in [-0.39, 0.29) is 0 Å². The van der Waals surface area contributed by atoms with Crippen LogP contribution in [0.25, 0.3) is 0 Å². The Bertz CT molecular complexity index is 359.